The zero-order chi connectivity index (χ0) is 14.8. The van der Waals surface area contributed by atoms with Crippen LogP contribution in [0, 0.1) is 0 Å². The van der Waals surface area contributed by atoms with Crippen molar-refractivity contribution in [1.29, 1.82) is 0 Å². The molecule has 21 heavy (non-hydrogen) atoms. The number of nitrogens with zero attached hydrogens (tertiary/aromatic N) is 3. The number of aromatic nitrogens is 2. The number of nitrogens with one attached hydrogen (secondary N) is 1. The van der Waals surface area contributed by atoms with Gasteiger partial charge in [-0.15, -0.1) is 22.7 Å². The van der Waals surface area contributed by atoms with Gasteiger partial charge >= 0.3 is 0 Å². The summed E-state index contributed by atoms with van der Waals surface area (Å²) in [5.41, 5.74) is 2.67. The summed E-state index contributed by atoms with van der Waals surface area (Å²) >= 11 is 3.37. The molecule has 110 valence electrons. The lowest BCUT2D eigenvalue weighted by atomic mass is 10.2. The molecule has 0 aromatic carbocycles. The summed E-state index contributed by atoms with van der Waals surface area (Å²) in [6, 6.07) is 6.55. The molecule has 0 amide bonds. The van der Waals surface area contributed by atoms with Crippen LogP contribution in [-0.4, -0.2) is 21.9 Å². The van der Waals surface area contributed by atoms with Crippen LogP contribution in [0.3, 0.4) is 0 Å². The van der Waals surface area contributed by atoms with E-state index in [1.54, 1.807) is 22.7 Å². The van der Waals surface area contributed by atoms with E-state index in [1.807, 2.05) is 11.4 Å². The van der Waals surface area contributed by atoms with Crippen LogP contribution < -0.4 is 11.3 Å². The largest absolute Gasteiger partial charge is 0.308 e. The average molecular weight is 319 g/mol. The fraction of sp³-hybridized carbons (Fsp3) is 0.286. The first-order valence-electron chi connectivity index (χ1n) is 6.63. The maximum Gasteiger partial charge on any atom is 0.152 e. The Morgan fingerprint density at radius 1 is 1.29 bits per heavy atom. The van der Waals surface area contributed by atoms with Crippen LogP contribution >= 0.6 is 22.7 Å². The molecule has 0 fully saturated rings. The van der Waals surface area contributed by atoms with Gasteiger partial charge in [0.1, 0.15) is 10.7 Å². The van der Waals surface area contributed by atoms with E-state index in [2.05, 4.69) is 51.8 Å². The molecule has 7 heteroatoms. The molecule has 0 saturated heterocycles. The van der Waals surface area contributed by atoms with E-state index in [9.17, 15) is 0 Å². The number of rotatable bonds is 5. The second kappa shape index (κ2) is 6.07. The van der Waals surface area contributed by atoms with Crippen molar-refractivity contribution >= 4 is 38.7 Å². The van der Waals surface area contributed by atoms with Crippen LogP contribution in [0.25, 0.3) is 10.2 Å². The van der Waals surface area contributed by atoms with Crippen molar-refractivity contribution in [1.82, 2.24) is 14.9 Å². The van der Waals surface area contributed by atoms with E-state index in [4.69, 9.17) is 5.84 Å². The van der Waals surface area contributed by atoms with E-state index in [-0.39, 0.29) is 0 Å². The van der Waals surface area contributed by atoms with Crippen molar-refractivity contribution in [3.05, 3.63) is 39.7 Å². The molecule has 0 radical (unpaired) electrons. The molecule has 1 unspecified atom stereocenters. The molecular formula is C14H17N5S2. The summed E-state index contributed by atoms with van der Waals surface area (Å²) in [5, 5.41) is 5.08. The Balaban J connectivity index is 1.84. The molecule has 3 aromatic heterocycles. The molecule has 0 aliphatic carbocycles. The van der Waals surface area contributed by atoms with Gasteiger partial charge < -0.3 is 5.43 Å². The topological polar surface area (TPSA) is 67.1 Å². The minimum atomic E-state index is 0.335. The summed E-state index contributed by atoms with van der Waals surface area (Å²) < 4.78 is 0. The molecule has 0 aliphatic heterocycles. The van der Waals surface area contributed by atoms with Gasteiger partial charge in [-0.25, -0.2) is 15.8 Å². The Kier molecular flexibility index (Phi) is 4.16. The fourth-order valence-corrected chi connectivity index (χ4v) is 3.82. The maximum absolute atomic E-state index is 5.56. The summed E-state index contributed by atoms with van der Waals surface area (Å²) in [5.74, 6) is 7.03. The highest BCUT2D eigenvalue weighted by atomic mass is 32.1. The van der Waals surface area contributed by atoms with E-state index >= 15 is 0 Å². The highest BCUT2D eigenvalue weighted by Gasteiger charge is 2.15. The zero-order valence-corrected chi connectivity index (χ0v) is 13.5. The first-order valence-corrected chi connectivity index (χ1v) is 8.39. The summed E-state index contributed by atoms with van der Waals surface area (Å²) in [6.45, 7) is 2.87. The molecule has 0 bridgehead atoms. The molecule has 0 aliphatic rings. The summed E-state index contributed by atoms with van der Waals surface area (Å²) in [7, 11) is 2.09. The Morgan fingerprint density at radius 3 is 2.86 bits per heavy atom. The van der Waals surface area contributed by atoms with Crippen molar-refractivity contribution in [3.63, 3.8) is 0 Å². The lowest BCUT2D eigenvalue weighted by Gasteiger charge is -2.23. The van der Waals surface area contributed by atoms with Gasteiger partial charge in [-0.1, -0.05) is 6.07 Å². The maximum atomic E-state index is 5.56. The number of nitrogens with two attached hydrogens (primary N) is 1. The first-order chi connectivity index (χ1) is 10.2. The van der Waals surface area contributed by atoms with Crippen LogP contribution in [0.5, 0.6) is 0 Å². The molecular weight excluding hydrogens is 302 g/mol. The molecule has 0 saturated carbocycles. The molecule has 3 N–H and O–H groups in total. The van der Waals surface area contributed by atoms with Crippen molar-refractivity contribution in [2.75, 3.05) is 12.5 Å². The molecule has 1 atom stereocenters. The number of hydrogen-bond acceptors (Lipinski definition) is 7. The highest BCUT2D eigenvalue weighted by Crippen LogP contribution is 2.27. The fourth-order valence-electron chi connectivity index (χ4n) is 2.19. The third-order valence-electron chi connectivity index (χ3n) is 3.52. The van der Waals surface area contributed by atoms with Crippen LogP contribution in [0.15, 0.2) is 29.0 Å². The molecule has 5 nitrogen and oxygen atoms in total. The van der Waals surface area contributed by atoms with Gasteiger partial charge in [0.2, 0.25) is 0 Å². The Morgan fingerprint density at radius 2 is 2.14 bits per heavy atom. The van der Waals surface area contributed by atoms with Crippen LogP contribution in [0.2, 0.25) is 0 Å². The molecule has 3 aromatic rings. The number of anilines is 1. The van der Waals surface area contributed by atoms with Crippen molar-refractivity contribution < 1.29 is 0 Å². The molecule has 0 spiro atoms. The quantitative estimate of drug-likeness (QED) is 0.558. The monoisotopic (exact) mass is 319 g/mol. The predicted octanol–water partition coefficient (Wildman–Crippen LogP) is 3.23. The minimum absolute atomic E-state index is 0.335. The van der Waals surface area contributed by atoms with Crippen LogP contribution in [-0.2, 0) is 6.54 Å². The van der Waals surface area contributed by atoms with Gasteiger partial charge in [-0.05, 0) is 36.9 Å². The van der Waals surface area contributed by atoms with E-state index in [0.29, 0.717) is 18.4 Å². The van der Waals surface area contributed by atoms with Gasteiger partial charge in [0.15, 0.2) is 5.82 Å². The summed E-state index contributed by atoms with van der Waals surface area (Å²) in [4.78, 5) is 13.7. The Bertz CT molecular complexity index is 722. The number of nitrogen functional groups attached to an aromatic ring is 1. The molecule has 3 rings (SSSR count). The first kappa shape index (κ1) is 14.4. The zero-order valence-electron chi connectivity index (χ0n) is 11.9. The van der Waals surface area contributed by atoms with E-state index in [0.717, 1.165) is 16.0 Å². The molecule has 3 heterocycles. The standard InChI is InChI=1S/C14H17N5S2/c1-9(11-4-3-6-20-11)19(2)8-12-16-13(18-15)10-5-7-21-14(10)17-12/h3-7,9H,8,15H2,1-2H3,(H,16,17,18). The highest BCUT2D eigenvalue weighted by molar-refractivity contribution is 7.16. The van der Waals surface area contributed by atoms with Gasteiger partial charge in [-0.3, -0.25) is 4.90 Å². The lowest BCUT2D eigenvalue weighted by Crippen LogP contribution is -2.23. The third-order valence-corrected chi connectivity index (χ3v) is 5.36. The van der Waals surface area contributed by atoms with Crippen molar-refractivity contribution in [2.45, 2.75) is 19.5 Å². The van der Waals surface area contributed by atoms with E-state index in [1.165, 1.54) is 4.88 Å². The lowest BCUT2D eigenvalue weighted by molar-refractivity contribution is 0.250. The number of fused-ring (bicyclic) bond motifs is 1. The van der Waals surface area contributed by atoms with Crippen molar-refractivity contribution in [3.8, 4) is 0 Å². The predicted molar refractivity (Wildman–Crippen MR) is 89.4 cm³/mol. The van der Waals surface area contributed by atoms with Crippen LogP contribution in [0.1, 0.15) is 23.7 Å². The minimum Gasteiger partial charge on any atom is -0.308 e. The van der Waals surface area contributed by atoms with Crippen LogP contribution in [0.4, 0.5) is 5.82 Å². The number of hydrogen-bond donors (Lipinski definition) is 2. The van der Waals surface area contributed by atoms with Gasteiger partial charge in [0, 0.05) is 10.9 Å². The van der Waals surface area contributed by atoms with Gasteiger partial charge in [0.05, 0.1) is 11.9 Å². The second-order valence-corrected chi connectivity index (χ2v) is 6.75. The van der Waals surface area contributed by atoms with Crippen molar-refractivity contribution in [2.24, 2.45) is 5.84 Å². The third kappa shape index (κ3) is 2.91. The second-order valence-electron chi connectivity index (χ2n) is 4.88. The Labute approximate surface area is 131 Å². The smallest absolute Gasteiger partial charge is 0.152 e. The normalized spacial score (nSPS) is 13.0. The number of thiophene rings is 2. The summed E-state index contributed by atoms with van der Waals surface area (Å²) in [6.07, 6.45) is 0. The SMILES string of the molecule is CC(c1cccs1)N(C)Cc1nc(NN)c2ccsc2n1. The Hall–Kier alpha value is -1.54. The van der Waals surface area contributed by atoms with E-state index < -0.39 is 0 Å². The van der Waals surface area contributed by atoms with Gasteiger partial charge in [-0.2, -0.15) is 0 Å². The number of hydrazine groups is 1. The van der Waals surface area contributed by atoms with Gasteiger partial charge in [0.25, 0.3) is 0 Å². The average Bonchev–Trinajstić information content (AvgIpc) is 3.16.